The monoisotopic (exact) mass is 266 g/mol. The van der Waals surface area contributed by atoms with Crippen molar-refractivity contribution >= 4 is 21.1 Å². The number of pyridine rings is 1. The third-order valence-electron chi connectivity index (χ3n) is 3.24. The maximum absolute atomic E-state index is 12.2. The lowest BCUT2D eigenvalue weighted by Crippen LogP contribution is -2.34. The summed E-state index contributed by atoms with van der Waals surface area (Å²) in [4.78, 5) is 4.33. The molecule has 2 aromatic rings. The Morgan fingerprint density at radius 2 is 2.11 bits per heavy atom. The maximum Gasteiger partial charge on any atom is 0.242 e. The lowest BCUT2D eigenvalue weighted by Gasteiger charge is -2.11. The SMILES string of the molecule is Cn1ncc2cc(S(=O)(=O)NC3(C)CC3)cnc21. The summed E-state index contributed by atoms with van der Waals surface area (Å²) in [6.07, 6.45) is 4.75. The molecule has 1 fully saturated rings. The van der Waals surface area contributed by atoms with Gasteiger partial charge < -0.3 is 0 Å². The van der Waals surface area contributed by atoms with Crippen molar-refractivity contribution in [2.24, 2.45) is 7.05 Å². The molecule has 6 nitrogen and oxygen atoms in total. The Kier molecular flexibility index (Phi) is 2.27. The van der Waals surface area contributed by atoms with Crippen LogP contribution in [0.2, 0.25) is 0 Å². The quantitative estimate of drug-likeness (QED) is 0.891. The van der Waals surface area contributed by atoms with Gasteiger partial charge in [-0.15, -0.1) is 0 Å². The van der Waals surface area contributed by atoms with Crippen molar-refractivity contribution in [3.05, 3.63) is 18.5 Å². The fourth-order valence-electron chi connectivity index (χ4n) is 1.84. The summed E-state index contributed by atoms with van der Waals surface area (Å²) in [7, 11) is -1.72. The topological polar surface area (TPSA) is 76.9 Å². The molecule has 18 heavy (non-hydrogen) atoms. The van der Waals surface area contributed by atoms with E-state index in [2.05, 4.69) is 14.8 Å². The highest BCUT2D eigenvalue weighted by atomic mass is 32.2. The number of hydrogen-bond donors (Lipinski definition) is 1. The molecule has 0 aliphatic heterocycles. The molecule has 0 atom stereocenters. The van der Waals surface area contributed by atoms with Gasteiger partial charge in [-0.3, -0.25) is 4.68 Å². The van der Waals surface area contributed by atoms with Gasteiger partial charge in [0.15, 0.2) is 5.65 Å². The van der Waals surface area contributed by atoms with Gasteiger partial charge in [0.05, 0.1) is 6.20 Å². The predicted molar refractivity (Wildman–Crippen MR) is 66.5 cm³/mol. The number of nitrogens with one attached hydrogen (secondary N) is 1. The minimum atomic E-state index is -3.49. The summed E-state index contributed by atoms with van der Waals surface area (Å²) in [6.45, 7) is 1.90. The Morgan fingerprint density at radius 1 is 1.39 bits per heavy atom. The number of rotatable bonds is 3. The number of hydrogen-bond acceptors (Lipinski definition) is 4. The van der Waals surface area contributed by atoms with Crippen LogP contribution < -0.4 is 4.72 Å². The molecule has 3 rings (SSSR count). The summed E-state index contributed by atoms with van der Waals surface area (Å²) in [5.74, 6) is 0. The molecule has 0 bridgehead atoms. The second-order valence-corrected chi connectivity index (χ2v) is 6.70. The average molecular weight is 266 g/mol. The number of nitrogens with zero attached hydrogens (tertiary/aromatic N) is 3. The van der Waals surface area contributed by atoms with Crippen LogP contribution in [0.1, 0.15) is 19.8 Å². The third kappa shape index (κ3) is 1.89. The average Bonchev–Trinajstić information content (AvgIpc) is 2.89. The summed E-state index contributed by atoms with van der Waals surface area (Å²) in [5, 5.41) is 4.77. The number of aromatic nitrogens is 3. The number of aryl methyl sites for hydroxylation is 1. The second-order valence-electron chi connectivity index (χ2n) is 5.02. The van der Waals surface area contributed by atoms with Crippen molar-refractivity contribution in [1.82, 2.24) is 19.5 Å². The highest BCUT2D eigenvalue weighted by molar-refractivity contribution is 7.89. The molecule has 2 aromatic heterocycles. The number of sulfonamides is 1. The Morgan fingerprint density at radius 3 is 2.78 bits per heavy atom. The van der Waals surface area contributed by atoms with Gasteiger partial charge in [0, 0.05) is 24.2 Å². The van der Waals surface area contributed by atoms with E-state index < -0.39 is 10.0 Å². The molecule has 96 valence electrons. The Balaban J connectivity index is 2.03. The first kappa shape index (κ1) is 11.6. The van der Waals surface area contributed by atoms with Gasteiger partial charge in [-0.25, -0.2) is 18.1 Å². The fourth-order valence-corrected chi connectivity index (χ4v) is 3.29. The van der Waals surface area contributed by atoms with E-state index in [1.807, 2.05) is 6.92 Å². The van der Waals surface area contributed by atoms with E-state index in [9.17, 15) is 8.42 Å². The van der Waals surface area contributed by atoms with Gasteiger partial charge in [-0.2, -0.15) is 5.10 Å². The Hall–Kier alpha value is -1.47. The van der Waals surface area contributed by atoms with Crippen LogP contribution in [0.5, 0.6) is 0 Å². The van der Waals surface area contributed by atoms with E-state index >= 15 is 0 Å². The summed E-state index contributed by atoms with van der Waals surface area (Å²) >= 11 is 0. The van der Waals surface area contributed by atoms with Crippen LogP contribution in [0.3, 0.4) is 0 Å². The van der Waals surface area contributed by atoms with E-state index in [-0.39, 0.29) is 10.4 Å². The van der Waals surface area contributed by atoms with Crippen molar-refractivity contribution in [1.29, 1.82) is 0 Å². The van der Waals surface area contributed by atoms with Crippen LogP contribution >= 0.6 is 0 Å². The van der Waals surface area contributed by atoms with E-state index in [1.165, 1.54) is 6.20 Å². The zero-order valence-electron chi connectivity index (χ0n) is 10.2. The molecular formula is C11H14N4O2S. The van der Waals surface area contributed by atoms with Gasteiger partial charge in [0.25, 0.3) is 0 Å². The summed E-state index contributed by atoms with van der Waals surface area (Å²) < 4.78 is 28.6. The van der Waals surface area contributed by atoms with Gasteiger partial charge in [-0.1, -0.05) is 0 Å². The highest BCUT2D eigenvalue weighted by Crippen LogP contribution is 2.36. The third-order valence-corrected chi connectivity index (χ3v) is 4.84. The van der Waals surface area contributed by atoms with Crippen molar-refractivity contribution in [2.45, 2.75) is 30.2 Å². The van der Waals surface area contributed by atoms with E-state index in [0.717, 1.165) is 18.2 Å². The Labute approximate surface area is 105 Å². The molecule has 1 aliphatic carbocycles. The molecule has 1 aliphatic rings. The first-order valence-corrected chi connectivity index (χ1v) is 7.20. The minimum absolute atomic E-state index is 0.191. The molecule has 7 heteroatoms. The minimum Gasteiger partial charge on any atom is -0.250 e. The summed E-state index contributed by atoms with van der Waals surface area (Å²) in [5.41, 5.74) is 0.398. The maximum atomic E-state index is 12.2. The van der Waals surface area contributed by atoms with Crippen molar-refractivity contribution in [3.8, 4) is 0 Å². The standard InChI is InChI=1S/C11H14N4O2S/c1-11(3-4-11)14-18(16,17)9-5-8-6-13-15(2)10(8)12-7-9/h5-7,14H,3-4H2,1-2H3. The van der Waals surface area contributed by atoms with Gasteiger partial charge in [0.2, 0.25) is 10.0 Å². The van der Waals surface area contributed by atoms with Crippen LogP contribution in [0.15, 0.2) is 23.4 Å². The molecule has 0 aromatic carbocycles. The first-order valence-electron chi connectivity index (χ1n) is 5.71. The van der Waals surface area contributed by atoms with E-state index in [0.29, 0.717) is 5.65 Å². The van der Waals surface area contributed by atoms with Crippen LogP contribution in [0.4, 0.5) is 0 Å². The normalized spacial score (nSPS) is 18.1. The summed E-state index contributed by atoms with van der Waals surface area (Å²) in [6, 6.07) is 1.60. The second kappa shape index (κ2) is 3.52. The fraction of sp³-hybridized carbons (Fsp3) is 0.455. The molecule has 2 heterocycles. The number of fused-ring (bicyclic) bond motifs is 1. The van der Waals surface area contributed by atoms with Crippen LogP contribution in [-0.4, -0.2) is 28.7 Å². The van der Waals surface area contributed by atoms with Gasteiger partial charge in [-0.05, 0) is 25.8 Å². The molecule has 0 spiro atoms. The van der Waals surface area contributed by atoms with E-state index in [1.54, 1.807) is 24.0 Å². The predicted octanol–water partition coefficient (Wildman–Crippen LogP) is 0.799. The molecular weight excluding hydrogens is 252 g/mol. The molecule has 1 N–H and O–H groups in total. The van der Waals surface area contributed by atoms with Crippen LogP contribution in [0, 0.1) is 0 Å². The van der Waals surface area contributed by atoms with Crippen LogP contribution in [-0.2, 0) is 17.1 Å². The van der Waals surface area contributed by atoms with Crippen molar-refractivity contribution < 1.29 is 8.42 Å². The van der Waals surface area contributed by atoms with Crippen molar-refractivity contribution in [3.63, 3.8) is 0 Å². The first-order chi connectivity index (χ1) is 8.40. The zero-order valence-corrected chi connectivity index (χ0v) is 11.0. The van der Waals surface area contributed by atoms with Crippen molar-refractivity contribution in [2.75, 3.05) is 0 Å². The van der Waals surface area contributed by atoms with Gasteiger partial charge in [0.1, 0.15) is 4.90 Å². The molecule has 0 amide bonds. The molecule has 0 saturated heterocycles. The molecule has 0 radical (unpaired) electrons. The molecule has 1 saturated carbocycles. The zero-order chi connectivity index (χ0) is 13.0. The van der Waals surface area contributed by atoms with E-state index in [4.69, 9.17) is 0 Å². The lowest BCUT2D eigenvalue weighted by atomic mass is 10.4. The largest absolute Gasteiger partial charge is 0.250 e. The smallest absolute Gasteiger partial charge is 0.242 e. The lowest BCUT2D eigenvalue weighted by molar-refractivity contribution is 0.558. The van der Waals surface area contributed by atoms with Gasteiger partial charge >= 0.3 is 0 Å². The molecule has 0 unspecified atom stereocenters. The van der Waals surface area contributed by atoms with Crippen LogP contribution in [0.25, 0.3) is 11.0 Å². The highest BCUT2D eigenvalue weighted by Gasteiger charge is 2.41. The Bertz CT molecular complexity index is 716.